The molecule has 0 atom stereocenters. The van der Waals surface area contributed by atoms with Gasteiger partial charge in [-0.2, -0.15) is 0 Å². The Hall–Kier alpha value is -2.53. The smallest absolute Gasteiger partial charge is 0.267 e. The number of amidine groups is 1. The molecule has 2 aliphatic rings. The lowest BCUT2D eigenvalue weighted by Crippen LogP contribution is -2.40. The van der Waals surface area contributed by atoms with Crippen molar-refractivity contribution in [1.29, 1.82) is 0 Å². The van der Waals surface area contributed by atoms with E-state index >= 15 is 0 Å². The van der Waals surface area contributed by atoms with Crippen molar-refractivity contribution in [3.8, 4) is 5.75 Å². The van der Waals surface area contributed by atoms with E-state index in [4.69, 9.17) is 9.73 Å². The highest BCUT2D eigenvalue weighted by molar-refractivity contribution is 8.18. The Balaban J connectivity index is 1.74. The van der Waals surface area contributed by atoms with E-state index < -0.39 is 0 Å². The molecule has 174 valence electrons. The third-order valence-corrected chi connectivity index (χ3v) is 7.55. The zero-order valence-electron chi connectivity index (χ0n) is 20.4. The van der Waals surface area contributed by atoms with Gasteiger partial charge < -0.3 is 4.74 Å². The normalized spacial score (nSPS) is 19.8. The standard InChI is InChI=1S/C28H34N2O2S/c1-18(2)24-16-21(20(4)15-25(24)32-5)17-26-27(31)30(23-9-7-6-8-10-23)28(33-26)29-22-13-11-19(3)12-14-22/h11-18,23H,6-10H2,1-5H3/b26-17+,29-28?. The number of ether oxygens (including phenoxy) is 1. The number of amides is 1. The maximum absolute atomic E-state index is 13.6. The molecule has 5 heteroatoms. The molecule has 4 rings (SSSR count). The molecule has 1 heterocycles. The summed E-state index contributed by atoms with van der Waals surface area (Å²) >= 11 is 1.50. The predicted molar refractivity (Wildman–Crippen MR) is 139 cm³/mol. The highest BCUT2D eigenvalue weighted by atomic mass is 32.2. The van der Waals surface area contributed by atoms with Crippen molar-refractivity contribution in [3.63, 3.8) is 0 Å². The lowest BCUT2D eigenvalue weighted by atomic mass is 9.94. The van der Waals surface area contributed by atoms with Crippen LogP contribution in [0.2, 0.25) is 0 Å². The lowest BCUT2D eigenvalue weighted by Gasteiger charge is -2.30. The lowest BCUT2D eigenvalue weighted by molar-refractivity contribution is -0.124. The number of hydrogen-bond donors (Lipinski definition) is 0. The predicted octanol–water partition coefficient (Wildman–Crippen LogP) is 7.37. The topological polar surface area (TPSA) is 41.9 Å². The first-order valence-electron chi connectivity index (χ1n) is 11.9. The van der Waals surface area contributed by atoms with Crippen LogP contribution in [0.5, 0.6) is 5.75 Å². The highest BCUT2D eigenvalue weighted by Gasteiger charge is 2.38. The molecule has 0 spiro atoms. The Morgan fingerprint density at radius 3 is 2.42 bits per heavy atom. The molecule has 1 saturated heterocycles. The summed E-state index contributed by atoms with van der Waals surface area (Å²) in [6, 6.07) is 12.7. The maximum atomic E-state index is 13.6. The molecule has 1 aliphatic heterocycles. The van der Waals surface area contributed by atoms with Gasteiger partial charge in [-0.05, 0) is 91.4 Å². The highest BCUT2D eigenvalue weighted by Crippen LogP contribution is 2.39. The number of methoxy groups -OCH3 is 1. The van der Waals surface area contributed by atoms with Crippen LogP contribution in [0, 0.1) is 13.8 Å². The molecule has 2 aromatic rings. The van der Waals surface area contributed by atoms with E-state index in [1.165, 1.54) is 36.6 Å². The number of carbonyl (C=O) groups excluding carboxylic acids is 1. The van der Waals surface area contributed by atoms with Crippen LogP contribution in [-0.2, 0) is 4.79 Å². The number of aryl methyl sites for hydroxylation is 2. The van der Waals surface area contributed by atoms with E-state index in [1.807, 2.05) is 23.1 Å². The first kappa shape index (κ1) is 23.6. The molecule has 0 aromatic heterocycles. The Kier molecular flexibility index (Phi) is 7.28. The van der Waals surface area contributed by atoms with Gasteiger partial charge in [0, 0.05) is 6.04 Å². The van der Waals surface area contributed by atoms with Gasteiger partial charge in [-0.1, -0.05) is 50.8 Å². The number of thioether (sulfide) groups is 1. The van der Waals surface area contributed by atoms with Gasteiger partial charge in [0.05, 0.1) is 17.7 Å². The minimum Gasteiger partial charge on any atom is -0.496 e. The van der Waals surface area contributed by atoms with Gasteiger partial charge >= 0.3 is 0 Å². The van der Waals surface area contributed by atoms with Crippen LogP contribution in [0.1, 0.15) is 74.1 Å². The van der Waals surface area contributed by atoms with Crippen molar-refractivity contribution >= 4 is 34.6 Å². The van der Waals surface area contributed by atoms with E-state index in [9.17, 15) is 4.79 Å². The van der Waals surface area contributed by atoms with Gasteiger partial charge in [0.25, 0.3) is 5.91 Å². The zero-order chi connectivity index (χ0) is 23.5. The average molecular weight is 463 g/mol. The second-order valence-corrected chi connectivity index (χ2v) is 10.4. The fraction of sp³-hybridized carbons (Fsp3) is 0.429. The molecule has 33 heavy (non-hydrogen) atoms. The number of aliphatic imine (C=N–C) groups is 1. The Bertz CT molecular complexity index is 1080. The molecule has 0 unspecified atom stereocenters. The first-order valence-corrected chi connectivity index (χ1v) is 12.8. The van der Waals surface area contributed by atoms with Crippen LogP contribution in [0.15, 0.2) is 46.3 Å². The van der Waals surface area contributed by atoms with Crippen molar-refractivity contribution < 1.29 is 9.53 Å². The van der Waals surface area contributed by atoms with Gasteiger partial charge in [0.15, 0.2) is 5.17 Å². The van der Waals surface area contributed by atoms with Crippen LogP contribution < -0.4 is 4.74 Å². The second kappa shape index (κ2) is 10.2. The van der Waals surface area contributed by atoms with E-state index in [1.54, 1.807) is 7.11 Å². The molecule has 2 fully saturated rings. The summed E-state index contributed by atoms with van der Waals surface area (Å²) < 4.78 is 5.60. The monoisotopic (exact) mass is 462 g/mol. The number of rotatable bonds is 5. The number of carbonyl (C=O) groups is 1. The van der Waals surface area contributed by atoms with Gasteiger partial charge in [-0.3, -0.25) is 9.69 Å². The van der Waals surface area contributed by atoms with E-state index in [0.29, 0.717) is 5.92 Å². The minimum absolute atomic E-state index is 0.0825. The number of hydrogen-bond acceptors (Lipinski definition) is 4. The van der Waals surface area contributed by atoms with Gasteiger partial charge in [0.2, 0.25) is 0 Å². The third-order valence-electron chi connectivity index (χ3n) is 6.56. The van der Waals surface area contributed by atoms with Crippen molar-refractivity contribution in [2.75, 3.05) is 7.11 Å². The quantitative estimate of drug-likeness (QED) is 0.436. The average Bonchev–Trinajstić information content (AvgIpc) is 3.11. The maximum Gasteiger partial charge on any atom is 0.267 e. The Labute approximate surface area is 202 Å². The van der Waals surface area contributed by atoms with Crippen molar-refractivity contribution in [3.05, 3.63) is 63.6 Å². The first-order chi connectivity index (χ1) is 15.9. The summed E-state index contributed by atoms with van der Waals surface area (Å²) in [5.41, 5.74) is 5.42. The van der Waals surface area contributed by atoms with Crippen molar-refractivity contribution in [1.82, 2.24) is 4.90 Å². The molecule has 0 N–H and O–H groups in total. The molecule has 1 saturated carbocycles. The molecular formula is C28H34N2O2S. The summed E-state index contributed by atoms with van der Waals surface area (Å²) in [5.74, 6) is 1.32. The second-order valence-electron chi connectivity index (χ2n) is 9.41. The number of benzene rings is 2. The Morgan fingerprint density at radius 1 is 1.09 bits per heavy atom. The Morgan fingerprint density at radius 2 is 1.79 bits per heavy atom. The van der Waals surface area contributed by atoms with E-state index in [-0.39, 0.29) is 11.9 Å². The fourth-order valence-corrected chi connectivity index (χ4v) is 5.65. The largest absolute Gasteiger partial charge is 0.496 e. The summed E-state index contributed by atoms with van der Waals surface area (Å²) in [6.07, 6.45) is 7.73. The van der Waals surface area contributed by atoms with Crippen LogP contribution in [0.4, 0.5) is 5.69 Å². The summed E-state index contributed by atoms with van der Waals surface area (Å²) in [7, 11) is 1.71. The molecule has 1 amide bonds. The van der Waals surface area contributed by atoms with Crippen LogP contribution in [0.25, 0.3) is 6.08 Å². The van der Waals surface area contributed by atoms with Gasteiger partial charge in [-0.15, -0.1) is 0 Å². The summed E-state index contributed by atoms with van der Waals surface area (Å²) in [5, 5.41) is 0.803. The molecular weight excluding hydrogens is 428 g/mol. The molecule has 4 nitrogen and oxygen atoms in total. The minimum atomic E-state index is 0.0825. The zero-order valence-corrected chi connectivity index (χ0v) is 21.2. The van der Waals surface area contributed by atoms with Crippen molar-refractivity contribution in [2.45, 2.75) is 71.8 Å². The summed E-state index contributed by atoms with van der Waals surface area (Å²) in [4.78, 5) is 21.3. The summed E-state index contributed by atoms with van der Waals surface area (Å²) in [6.45, 7) is 8.47. The molecule has 1 aliphatic carbocycles. The van der Waals surface area contributed by atoms with E-state index in [2.05, 4.69) is 52.0 Å². The van der Waals surface area contributed by atoms with Crippen LogP contribution in [0.3, 0.4) is 0 Å². The number of nitrogens with zero attached hydrogens (tertiary/aromatic N) is 2. The van der Waals surface area contributed by atoms with Gasteiger partial charge in [0.1, 0.15) is 5.75 Å². The van der Waals surface area contributed by atoms with Crippen molar-refractivity contribution in [2.24, 2.45) is 4.99 Å². The molecule has 0 radical (unpaired) electrons. The van der Waals surface area contributed by atoms with Crippen LogP contribution >= 0.6 is 11.8 Å². The van der Waals surface area contributed by atoms with Gasteiger partial charge in [-0.25, -0.2) is 4.99 Å². The SMILES string of the molecule is COc1cc(C)c(/C=C2/SC(=Nc3ccc(C)cc3)N(C3CCCCC3)C2=O)cc1C(C)C. The fourth-order valence-electron chi connectivity index (χ4n) is 4.60. The van der Waals surface area contributed by atoms with Crippen LogP contribution in [-0.4, -0.2) is 29.1 Å². The molecule has 2 aromatic carbocycles. The molecule has 0 bridgehead atoms. The third kappa shape index (κ3) is 5.19. The van der Waals surface area contributed by atoms with E-state index in [0.717, 1.165) is 51.0 Å².